The first-order chi connectivity index (χ1) is 11.9. The van der Waals surface area contributed by atoms with Gasteiger partial charge in [-0.25, -0.2) is 8.78 Å². The van der Waals surface area contributed by atoms with Crippen molar-refractivity contribution in [3.63, 3.8) is 0 Å². The summed E-state index contributed by atoms with van der Waals surface area (Å²) in [5.74, 6) is -2.05. The Kier molecular flexibility index (Phi) is 5.20. The summed E-state index contributed by atoms with van der Waals surface area (Å²) in [6.45, 7) is 0.959. The molecule has 1 amide bonds. The van der Waals surface area contributed by atoms with Crippen molar-refractivity contribution in [1.29, 1.82) is 0 Å². The molecule has 132 valence electrons. The highest BCUT2D eigenvalue weighted by Gasteiger charge is 2.43. The quantitative estimate of drug-likeness (QED) is 0.749. The molecule has 0 atom stereocenters. The first-order valence-electron chi connectivity index (χ1n) is 8.01. The van der Waals surface area contributed by atoms with Gasteiger partial charge in [-0.3, -0.25) is 4.79 Å². The molecule has 0 aliphatic carbocycles. The molecule has 0 saturated carbocycles. The van der Waals surface area contributed by atoms with Crippen molar-refractivity contribution in [2.75, 3.05) is 25.2 Å². The number of hydrogen-bond donors (Lipinski definition) is 0. The summed E-state index contributed by atoms with van der Waals surface area (Å²) >= 11 is 3.41. The van der Waals surface area contributed by atoms with E-state index in [1.54, 1.807) is 7.05 Å². The summed E-state index contributed by atoms with van der Waals surface area (Å²) in [7, 11) is 1.59. The summed E-state index contributed by atoms with van der Waals surface area (Å²) in [4.78, 5) is 14.7. The molecule has 0 spiro atoms. The number of anilines is 1. The molecule has 1 aliphatic rings. The van der Waals surface area contributed by atoms with Gasteiger partial charge in [0, 0.05) is 36.5 Å². The van der Waals surface area contributed by atoms with Crippen LogP contribution in [0.1, 0.15) is 18.4 Å². The zero-order valence-corrected chi connectivity index (χ0v) is 15.4. The van der Waals surface area contributed by atoms with E-state index in [0.717, 1.165) is 22.2 Å². The van der Waals surface area contributed by atoms with E-state index in [4.69, 9.17) is 4.74 Å². The van der Waals surface area contributed by atoms with E-state index >= 15 is 0 Å². The van der Waals surface area contributed by atoms with Gasteiger partial charge in [0.15, 0.2) is 11.6 Å². The molecule has 0 N–H and O–H groups in total. The van der Waals surface area contributed by atoms with Crippen LogP contribution in [-0.2, 0) is 14.9 Å². The van der Waals surface area contributed by atoms with Crippen molar-refractivity contribution in [2.24, 2.45) is 0 Å². The molecule has 25 heavy (non-hydrogen) atoms. The van der Waals surface area contributed by atoms with E-state index in [-0.39, 0.29) is 5.91 Å². The number of halogens is 3. The molecule has 0 radical (unpaired) electrons. The second kappa shape index (κ2) is 7.22. The standard InChI is InChI=1S/C19H18BrF2NO2/c1-23(15-6-7-16(21)17(22)12-15)18(24)19(8-10-25-11-9-19)13-2-4-14(20)5-3-13/h2-7,12H,8-11H2,1H3. The third-order valence-electron chi connectivity index (χ3n) is 4.75. The summed E-state index contributed by atoms with van der Waals surface area (Å²) in [5, 5.41) is 0. The Morgan fingerprint density at radius 3 is 2.32 bits per heavy atom. The first-order valence-corrected chi connectivity index (χ1v) is 8.80. The average molecular weight is 410 g/mol. The second-order valence-electron chi connectivity index (χ2n) is 6.16. The predicted molar refractivity (Wildman–Crippen MR) is 95.6 cm³/mol. The molecular weight excluding hydrogens is 392 g/mol. The SMILES string of the molecule is CN(C(=O)C1(c2ccc(Br)cc2)CCOCC1)c1ccc(F)c(F)c1. The van der Waals surface area contributed by atoms with Crippen molar-refractivity contribution in [2.45, 2.75) is 18.3 Å². The molecule has 1 saturated heterocycles. The van der Waals surface area contributed by atoms with Crippen LogP contribution < -0.4 is 4.90 Å². The van der Waals surface area contributed by atoms with Gasteiger partial charge < -0.3 is 9.64 Å². The molecule has 2 aromatic carbocycles. The molecule has 6 heteroatoms. The van der Waals surface area contributed by atoms with Crippen LogP contribution in [0.4, 0.5) is 14.5 Å². The van der Waals surface area contributed by atoms with Crippen LogP contribution in [0.25, 0.3) is 0 Å². The number of benzene rings is 2. The van der Waals surface area contributed by atoms with Gasteiger partial charge in [0.25, 0.3) is 0 Å². The maximum atomic E-state index is 13.6. The van der Waals surface area contributed by atoms with Gasteiger partial charge in [-0.05, 0) is 42.7 Å². The Balaban J connectivity index is 1.99. The summed E-state index contributed by atoms with van der Waals surface area (Å²) in [5.41, 5.74) is 0.490. The molecular formula is C19H18BrF2NO2. The number of hydrogen-bond acceptors (Lipinski definition) is 2. The van der Waals surface area contributed by atoms with E-state index < -0.39 is 17.0 Å². The fraction of sp³-hybridized carbons (Fsp3) is 0.316. The van der Waals surface area contributed by atoms with Crippen molar-refractivity contribution in [3.8, 4) is 0 Å². The minimum Gasteiger partial charge on any atom is -0.381 e. The van der Waals surface area contributed by atoms with E-state index in [1.165, 1.54) is 11.0 Å². The summed E-state index contributed by atoms with van der Waals surface area (Å²) in [6.07, 6.45) is 1.09. The highest BCUT2D eigenvalue weighted by Crippen LogP contribution is 2.38. The summed E-state index contributed by atoms with van der Waals surface area (Å²) in [6, 6.07) is 11.1. The van der Waals surface area contributed by atoms with Crippen molar-refractivity contribution in [3.05, 3.63) is 64.1 Å². The Morgan fingerprint density at radius 2 is 1.72 bits per heavy atom. The van der Waals surface area contributed by atoms with Gasteiger partial charge in [0.05, 0.1) is 5.41 Å². The molecule has 3 rings (SSSR count). The number of likely N-dealkylation sites (N-methyl/N-ethyl adjacent to an activating group) is 1. The number of carbonyl (C=O) groups is 1. The lowest BCUT2D eigenvalue weighted by Crippen LogP contribution is -2.49. The highest BCUT2D eigenvalue weighted by atomic mass is 79.9. The molecule has 0 bridgehead atoms. The monoisotopic (exact) mass is 409 g/mol. The van der Waals surface area contributed by atoms with Gasteiger partial charge >= 0.3 is 0 Å². The van der Waals surface area contributed by atoms with Gasteiger partial charge in [0.2, 0.25) is 5.91 Å². The summed E-state index contributed by atoms with van der Waals surface area (Å²) < 4.78 is 33.1. The maximum absolute atomic E-state index is 13.6. The zero-order valence-electron chi connectivity index (χ0n) is 13.8. The Labute approximate surface area is 153 Å². The molecule has 0 unspecified atom stereocenters. The van der Waals surface area contributed by atoms with Crippen molar-refractivity contribution >= 4 is 27.5 Å². The first kappa shape index (κ1) is 18.0. The highest BCUT2D eigenvalue weighted by molar-refractivity contribution is 9.10. The Bertz CT molecular complexity index is 773. The molecule has 0 aromatic heterocycles. The second-order valence-corrected chi connectivity index (χ2v) is 7.08. The lowest BCUT2D eigenvalue weighted by molar-refractivity contribution is -0.127. The molecule has 1 fully saturated rings. The average Bonchev–Trinajstić information content (AvgIpc) is 2.64. The van der Waals surface area contributed by atoms with Crippen LogP contribution in [0.3, 0.4) is 0 Å². The molecule has 1 aliphatic heterocycles. The fourth-order valence-corrected chi connectivity index (χ4v) is 3.51. The van der Waals surface area contributed by atoms with Crippen molar-refractivity contribution in [1.82, 2.24) is 0 Å². The third-order valence-corrected chi connectivity index (χ3v) is 5.28. The van der Waals surface area contributed by atoms with Crippen molar-refractivity contribution < 1.29 is 18.3 Å². The van der Waals surface area contributed by atoms with Gasteiger partial charge in [0.1, 0.15) is 0 Å². The fourth-order valence-electron chi connectivity index (χ4n) is 3.25. The number of carbonyl (C=O) groups excluding carboxylic acids is 1. The van der Waals surface area contributed by atoms with Gasteiger partial charge in [-0.1, -0.05) is 28.1 Å². The Hall–Kier alpha value is -1.79. The van der Waals surface area contributed by atoms with Crippen LogP contribution in [0, 0.1) is 11.6 Å². The number of ether oxygens (including phenoxy) is 1. The van der Waals surface area contributed by atoms with E-state index in [0.29, 0.717) is 31.7 Å². The lowest BCUT2D eigenvalue weighted by Gasteiger charge is -2.39. The molecule has 2 aromatic rings. The number of rotatable bonds is 3. The van der Waals surface area contributed by atoms with E-state index in [9.17, 15) is 13.6 Å². The zero-order chi connectivity index (χ0) is 18.0. The predicted octanol–water partition coefficient (Wildman–Crippen LogP) is 4.44. The van der Waals surface area contributed by atoms with Crippen LogP contribution in [-0.4, -0.2) is 26.2 Å². The maximum Gasteiger partial charge on any atom is 0.237 e. The normalized spacial score (nSPS) is 16.5. The smallest absolute Gasteiger partial charge is 0.237 e. The van der Waals surface area contributed by atoms with E-state index in [2.05, 4.69) is 15.9 Å². The third kappa shape index (κ3) is 3.46. The molecule has 1 heterocycles. The minimum absolute atomic E-state index is 0.149. The van der Waals surface area contributed by atoms with Gasteiger partial charge in [-0.2, -0.15) is 0 Å². The van der Waals surface area contributed by atoms with Gasteiger partial charge in [-0.15, -0.1) is 0 Å². The van der Waals surface area contributed by atoms with Crippen LogP contribution in [0.15, 0.2) is 46.9 Å². The largest absolute Gasteiger partial charge is 0.381 e. The Morgan fingerprint density at radius 1 is 1.08 bits per heavy atom. The number of nitrogens with zero attached hydrogens (tertiary/aromatic N) is 1. The topological polar surface area (TPSA) is 29.5 Å². The number of amides is 1. The van der Waals surface area contributed by atoms with Crippen LogP contribution in [0.2, 0.25) is 0 Å². The van der Waals surface area contributed by atoms with E-state index in [1.807, 2.05) is 24.3 Å². The lowest BCUT2D eigenvalue weighted by atomic mass is 9.73. The minimum atomic E-state index is -0.971. The van der Waals surface area contributed by atoms with Crippen LogP contribution >= 0.6 is 15.9 Å². The van der Waals surface area contributed by atoms with Crippen LogP contribution in [0.5, 0.6) is 0 Å². The molecule has 3 nitrogen and oxygen atoms in total.